The van der Waals surface area contributed by atoms with Gasteiger partial charge in [-0.2, -0.15) is 10.5 Å². The Hall–Kier alpha value is -4.23. The van der Waals surface area contributed by atoms with E-state index in [9.17, 15) is 4.79 Å². The Morgan fingerprint density at radius 2 is 1.81 bits per heavy atom. The Bertz CT molecular complexity index is 1050. The summed E-state index contributed by atoms with van der Waals surface area (Å²) in [6.45, 7) is 0. The van der Waals surface area contributed by atoms with Crippen molar-refractivity contribution in [2.75, 3.05) is 10.6 Å². The molecule has 0 bridgehead atoms. The first-order valence-electron chi connectivity index (χ1n) is 7.59. The maximum atomic E-state index is 12.4. The van der Waals surface area contributed by atoms with E-state index in [4.69, 9.17) is 10.5 Å². The summed E-state index contributed by atoms with van der Waals surface area (Å²) < 4.78 is 0. The molecular weight excluding hydrogens is 328 g/mol. The lowest BCUT2D eigenvalue weighted by molar-refractivity contribution is 0.102. The summed E-state index contributed by atoms with van der Waals surface area (Å²) in [4.78, 5) is 20.4. The van der Waals surface area contributed by atoms with Crippen LogP contribution in [0.1, 0.15) is 21.6 Å². The van der Waals surface area contributed by atoms with E-state index in [-0.39, 0.29) is 5.69 Å². The molecule has 7 nitrogen and oxygen atoms in total. The lowest BCUT2D eigenvalue weighted by Crippen LogP contribution is -2.14. The fraction of sp³-hybridized carbons (Fsp3) is 0. The van der Waals surface area contributed by atoms with Gasteiger partial charge in [0.1, 0.15) is 23.9 Å². The molecule has 1 heterocycles. The quantitative estimate of drug-likeness (QED) is 0.753. The van der Waals surface area contributed by atoms with Crippen LogP contribution in [0.25, 0.3) is 0 Å². The lowest BCUT2D eigenvalue weighted by atomic mass is 10.2. The molecular formula is C19H12N6O. The Labute approximate surface area is 149 Å². The molecule has 2 aromatic carbocycles. The first-order valence-corrected chi connectivity index (χ1v) is 7.59. The highest BCUT2D eigenvalue weighted by molar-refractivity contribution is 6.03. The molecule has 0 aliphatic heterocycles. The van der Waals surface area contributed by atoms with Crippen molar-refractivity contribution in [3.05, 3.63) is 77.7 Å². The molecule has 0 fully saturated rings. The van der Waals surface area contributed by atoms with Crippen molar-refractivity contribution in [2.24, 2.45) is 0 Å². The van der Waals surface area contributed by atoms with Gasteiger partial charge >= 0.3 is 0 Å². The summed E-state index contributed by atoms with van der Waals surface area (Å²) in [5, 5.41) is 23.7. The van der Waals surface area contributed by atoms with E-state index < -0.39 is 5.91 Å². The van der Waals surface area contributed by atoms with Gasteiger partial charge in [0, 0.05) is 11.8 Å². The second-order valence-corrected chi connectivity index (χ2v) is 5.22. The number of hydrogen-bond donors (Lipinski definition) is 2. The van der Waals surface area contributed by atoms with Crippen LogP contribution in [-0.2, 0) is 0 Å². The van der Waals surface area contributed by atoms with Gasteiger partial charge in [-0.3, -0.25) is 4.79 Å². The predicted molar refractivity (Wildman–Crippen MR) is 95.6 cm³/mol. The molecule has 1 aromatic heterocycles. The zero-order chi connectivity index (χ0) is 18.4. The smallest absolute Gasteiger partial charge is 0.274 e. The topological polar surface area (TPSA) is 114 Å². The number of nitriles is 2. The predicted octanol–water partition coefficient (Wildman–Crippen LogP) is 3.22. The molecule has 0 spiro atoms. The summed E-state index contributed by atoms with van der Waals surface area (Å²) in [5.41, 5.74) is 2.14. The molecule has 1 amide bonds. The highest BCUT2D eigenvalue weighted by atomic mass is 16.1. The second-order valence-electron chi connectivity index (χ2n) is 5.22. The number of carbonyl (C=O) groups is 1. The molecule has 3 rings (SSSR count). The van der Waals surface area contributed by atoms with Crippen molar-refractivity contribution in [2.45, 2.75) is 0 Å². The van der Waals surface area contributed by atoms with Crippen LogP contribution in [0.15, 0.2) is 60.9 Å². The fourth-order valence-electron chi connectivity index (χ4n) is 2.24. The molecule has 7 heteroatoms. The third kappa shape index (κ3) is 3.81. The van der Waals surface area contributed by atoms with Crippen molar-refractivity contribution in [3.8, 4) is 12.1 Å². The number of rotatable bonds is 4. The van der Waals surface area contributed by atoms with E-state index in [1.165, 1.54) is 12.4 Å². The Kier molecular flexibility index (Phi) is 4.83. The van der Waals surface area contributed by atoms with Gasteiger partial charge in [-0.25, -0.2) is 9.97 Å². The highest BCUT2D eigenvalue weighted by Gasteiger charge is 2.10. The highest BCUT2D eigenvalue weighted by Crippen LogP contribution is 2.19. The minimum Gasteiger partial charge on any atom is -0.339 e. The number of anilines is 3. The molecule has 0 aliphatic carbocycles. The minimum atomic E-state index is -0.431. The second kappa shape index (κ2) is 7.56. The van der Waals surface area contributed by atoms with Crippen LogP contribution in [0.2, 0.25) is 0 Å². The van der Waals surface area contributed by atoms with E-state index >= 15 is 0 Å². The first-order chi connectivity index (χ1) is 12.7. The van der Waals surface area contributed by atoms with Gasteiger partial charge in [-0.15, -0.1) is 0 Å². The van der Waals surface area contributed by atoms with Crippen LogP contribution in [0.5, 0.6) is 0 Å². The van der Waals surface area contributed by atoms with E-state index in [1.807, 2.05) is 6.07 Å². The van der Waals surface area contributed by atoms with Gasteiger partial charge in [0.2, 0.25) is 0 Å². The lowest BCUT2D eigenvalue weighted by Gasteiger charge is -2.09. The summed E-state index contributed by atoms with van der Waals surface area (Å²) in [6.07, 6.45) is 1.26. The number of hydrogen-bond acceptors (Lipinski definition) is 6. The molecule has 124 valence electrons. The van der Waals surface area contributed by atoms with Crippen molar-refractivity contribution < 1.29 is 4.79 Å². The molecule has 26 heavy (non-hydrogen) atoms. The molecule has 0 radical (unpaired) electrons. The molecule has 0 saturated heterocycles. The number of para-hydroxylation sites is 1. The van der Waals surface area contributed by atoms with E-state index in [0.29, 0.717) is 28.3 Å². The van der Waals surface area contributed by atoms with Gasteiger partial charge < -0.3 is 10.6 Å². The average Bonchev–Trinajstić information content (AvgIpc) is 2.69. The van der Waals surface area contributed by atoms with E-state index in [0.717, 1.165) is 0 Å². The van der Waals surface area contributed by atoms with Crippen LogP contribution < -0.4 is 10.6 Å². The fourth-order valence-corrected chi connectivity index (χ4v) is 2.24. The van der Waals surface area contributed by atoms with Gasteiger partial charge in [-0.1, -0.05) is 18.2 Å². The standard InChI is InChI=1S/C19H12N6O/c20-10-13-4-3-6-15(8-13)24-19(26)17-9-18(23-12-22-17)25-16-7-2-1-5-14(16)11-21/h1-9,12H,(H,24,26)(H,22,23,25). The SMILES string of the molecule is N#Cc1cccc(NC(=O)c2cc(Nc3ccccc3C#N)ncn2)c1. The monoisotopic (exact) mass is 340 g/mol. The van der Waals surface area contributed by atoms with E-state index in [1.54, 1.807) is 48.5 Å². The van der Waals surface area contributed by atoms with Crippen molar-refractivity contribution in [1.29, 1.82) is 10.5 Å². The van der Waals surface area contributed by atoms with Gasteiger partial charge in [-0.05, 0) is 30.3 Å². The molecule has 0 saturated carbocycles. The molecule has 0 atom stereocenters. The van der Waals surface area contributed by atoms with Gasteiger partial charge in [0.05, 0.1) is 22.9 Å². The minimum absolute atomic E-state index is 0.152. The van der Waals surface area contributed by atoms with E-state index in [2.05, 4.69) is 26.7 Å². The number of amides is 1. The molecule has 0 aliphatic rings. The summed E-state index contributed by atoms with van der Waals surface area (Å²) in [7, 11) is 0. The number of nitrogens with zero attached hydrogens (tertiary/aromatic N) is 4. The number of aromatic nitrogens is 2. The Morgan fingerprint density at radius 1 is 0.962 bits per heavy atom. The Balaban J connectivity index is 1.79. The largest absolute Gasteiger partial charge is 0.339 e. The van der Waals surface area contributed by atoms with Crippen LogP contribution >= 0.6 is 0 Å². The zero-order valence-electron chi connectivity index (χ0n) is 13.5. The third-order valence-corrected chi connectivity index (χ3v) is 3.46. The summed E-state index contributed by atoms with van der Waals surface area (Å²) in [6, 6.07) is 19.1. The van der Waals surface area contributed by atoms with Crippen LogP contribution in [0.4, 0.5) is 17.2 Å². The van der Waals surface area contributed by atoms with Crippen molar-refractivity contribution >= 4 is 23.1 Å². The zero-order valence-corrected chi connectivity index (χ0v) is 13.5. The average molecular weight is 340 g/mol. The Morgan fingerprint density at radius 3 is 2.62 bits per heavy atom. The van der Waals surface area contributed by atoms with Gasteiger partial charge in [0.15, 0.2) is 0 Å². The first kappa shape index (κ1) is 16.6. The van der Waals surface area contributed by atoms with Crippen LogP contribution in [0.3, 0.4) is 0 Å². The molecule has 2 N–H and O–H groups in total. The molecule has 0 unspecified atom stereocenters. The maximum Gasteiger partial charge on any atom is 0.274 e. The number of benzene rings is 2. The third-order valence-electron chi connectivity index (χ3n) is 3.46. The van der Waals surface area contributed by atoms with Crippen molar-refractivity contribution in [3.63, 3.8) is 0 Å². The van der Waals surface area contributed by atoms with Crippen LogP contribution in [0, 0.1) is 22.7 Å². The van der Waals surface area contributed by atoms with Gasteiger partial charge in [0.25, 0.3) is 5.91 Å². The summed E-state index contributed by atoms with van der Waals surface area (Å²) >= 11 is 0. The summed E-state index contributed by atoms with van der Waals surface area (Å²) in [5.74, 6) is -0.0438. The maximum absolute atomic E-state index is 12.4. The van der Waals surface area contributed by atoms with Crippen molar-refractivity contribution in [1.82, 2.24) is 9.97 Å². The van der Waals surface area contributed by atoms with Crippen LogP contribution in [-0.4, -0.2) is 15.9 Å². The normalized spacial score (nSPS) is 9.62. The number of nitrogens with one attached hydrogen (secondary N) is 2. The number of carbonyl (C=O) groups excluding carboxylic acids is 1. The molecule has 3 aromatic rings.